The first-order valence-corrected chi connectivity index (χ1v) is 30.3. The van der Waals surface area contributed by atoms with Gasteiger partial charge in [-0.25, -0.2) is 19.4 Å². The monoisotopic (exact) mass is 1210 g/mol. The Morgan fingerprint density at radius 3 is 2.12 bits per heavy atom. The molecule has 20 nitrogen and oxygen atoms in total. The Morgan fingerprint density at radius 1 is 0.824 bits per heavy atom. The van der Waals surface area contributed by atoms with Crippen LogP contribution in [0.3, 0.4) is 0 Å². The van der Waals surface area contributed by atoms with E-state index < -0.39 is 132 Å². The molecular weight excluding hydrogens is 1140 g/mol. The lowest BCUT2D eigenvalue weighted by atomic mass is 9.43. The third-order valence-corrected chi connectivity index (χ3v) is 18.8. The summed E-state index contributed by atoms with van der Waals surface area (Å²) in [6, 6.07) is 28.9. The molecule has 85 heavy (non-hydrogen) atoms. The van der Waals surface area contributed by atoms with Gasteiger partial charge in [-0.05, 0) is 77.7 Å². The smallest absolute Gasteiger partial charge is 0.338 e. The van der Waals surface area contributed by atoms with Gasteiger partial charge in [0.05, 0.1) is 61.5 Å². The van der Waals surface area contributed by atoms with Crippen LogP contribution in [0.5, 0.6) is 0 Å². The molecule has 22 heteroatoms. The second kappa shape index (κ2) is 28.1. The van der Waals surface area contributed by atoms with Gasteiger partial charge in [0.15, 0.2) is 11.7 Å². The maximum atomic E-state index is 16.2. The Labute approximate surface area is 501 Å². The second-order valence-corrected chi connectivity index (χ2v) is 24.5. The zero-order chi connectivity index (χ0) is 61.1. The standard InChI is InChI=1S/C63H72N2O18S2/c1-38(26-27-49(67)78-37-79-50(68)35-76-30-29-75-31-32-84-85-48-25-17-18-28-64-48)80-46-33-47-62(36-77-47,83-41(4)66)54-56(82-58(72)44-23-15-10-16-24-44)63(74)34-45(39(2)51(60(63,5)6)40(3)55(70)61(46,54)7)81-59(73)53(69)52(42-19-11-8-12-20-42)65-57(71)43-21-13-9-14-22-43/h8-25,28,40,45-47,52-54,56,69,74H,1,26-27,29-37H2,2-7H3,(H,65,71)/t40-,45?,46+,47?,52+,53-,54+,56+,61-,62+,63-/m1/s1. The van der Waals surface area contributed by atoms with E-state index in [0.29, 0.717) is 23.3 Å². The van der Waals surface area contributed by atoms with Crippen LogP contribution in [0.2, 0.25) is 0 Å². The number of carbonyl (C=O) groups is 7. The molecular formula is C63H72N2O18S2. The molecule has 0 spiro atoms. The van der Waals surface area contributed by atoms with E-state index in [4.69, 9.17) is 42.6 Å². The van der Waals surface area contributed by atoms with Crippen LogP contribution in [0.1, 0.15) is 99.5 Å². The number of benzene rings is 3. The number of amides is 1. The molecule has 2 heterocycles. The summed E-state index contributed by atoms with van der Waals surface area (Å²) in [5, 5.41) is 29.7. The number of aliphatic hydroxyl groups excluding tert-OH is 1. The minimum atomic E-state index is -2.30. The van der Waals surface area contributed by atoms with Gasteiger partial charge < -0.3 is 58.2 Å². The van der Waals surface area contributed by atoms with Gasteiger partial charge in [-0.15, -0.1) is 0 Å². The van der Waals surface area contributed by atoms with Gasteiger partial charge in [0.1, 0.15) is 47.4 Å². The number of fused-ring (bicyclic) bond motifs is 5. The Kier molecular flexibility index (Phi) is 21.2. The number of ketones is 1. The van der Waals surface area contributed by atoms with Gasteiger partial charge in [-0.2, -0.15) is 0 Å². The highest BCUT2D eigenvalue weighted by atomic mass is 33.1. The molecule has 2 saturated carbocycles. The summed E-state index contributed by atoms with van der Waals surface area (Å²) in [5.74, 6) is -7.26. The lowest BCUT2D eigenvalue weighted by molar-refractivity contribution is -0.346. The highest BCUT2D eigenvalue weighted by molar-refractivity contribution is 8.76. The van der Waals surface area contributed by atoms with Gasteiger partial charge >= 0.3 is 29.8 Å². The van der Waals surface area contributed by atoms with Gasteiger partial charge in [0.2, 0.25) is 6.79 Å². The van der Waals surface area contributed by atoms with Crippen molar-refractivity contribution in [2.24, 2.45) is 22.7 Å². The molecule has 3 aliphatic carbocycles. The molecule has 11 atom stereocenters. The maximum Gasteiger partial charge on any atom is 0.338 e. The summed E-state index contributed by atoms with van der Waals surface area (Å²) in [6.07, 6.45) is -6.63. The molecule has 1 aliphatic heterocycles. The number of hydrogen-bond donors (Lipinski definition) is 3. The van der Waals surface area contributed by atoms with Crippen LogP contribution in [-0.4, -0.2) is 144 Å². The zero-order valence-corrected chi connectivity index (χ0v) is 49.9. The Balaban J connectivity index is 1.01. The summed E-state index contributed by atoms with van der Waals surface area (Å²) in [6.45, 7) is 13.1. The SMILES string of the molecule is C=C(CCC(=O)OCOC(=O)COCCOCCSSc1ccccn1)O[C@H]1CC2OC[C@@]2(OC(C)=O)[C@H]2[C@H](OC(=O)c3ccccc3)[C@]3(O)CC(OC(=O)[C@H](O)[C@@H](NC(=O)c4ccccc4)c4ccccc4)C(C)=C([C@@H](C)C(=O)[C@]12C)C3(C)C. The van der Waals surface area contributed by atoms with E-state index in [1.165, 1.54) is 19.1 Å². The van der Waals surface area contributed by atoms with Crippen molar-refractivity contribution in [1.29, 1.82) is 0 Å². The number of allylic oxidation sites excluding steroid dienone is 1. The first kappa shape index (κ1) is 64.1. The van der Waals surface area contributed by atoms with Crippen LogP contribution in [0, 0.1) is 22.7 Å². The van der Waals surface area contributed by atoms with Crippen molar-refractivity contribution in [3.05, 3.63) is 156 Å². The van der Waals surface area contributed by atoms with Crippen LogP contribution in [0.4, 0.5) is 0 Å². The molecule has 8 rings (SSSR count). The number of pyridine rings is 1. The minimum Gasteiger partial charge on any atom is -0.494 e. The number of Topliss-reactive ketones (excluding diaryl/α,β-unsaturated/α-hetero) is 1. The number of rotatable bonds is 26. The zero-order valence-electron chi connectivity index (χ0n) is 48.3. The second-order valence-electron chi connectivity index (χ2n) is 22.1. The van der Waals surface area contributed by atoms with Gasteiger partial charge in [0.25, 0.3) is 5.91 Å². The predicted octanol–water partition coefficient (Wildman–Crippen LogP) is 7.67. The normalized spacial score (nSPS) is 26.2. The maximum absolute atomic E-state index is 16.2. The molecule has 3 fully saturated rings. The number of aromatic nitrogens is 1. The van der Waals surface area contributed by atoms with Crippen molar-refractivity contribution in [2.45, 2.75) is 120 Å². The van der Waals surface area contributed by atoms with Crippen molar-refractivity contribution in [1.82, 2.24) is 10.3 Å². The summed E-state index contributed by atoms with van der Waals surface area (Å²) >= 11 is 0. The summed E-state index contributed by atoms with van der Waals surface area (Å²) < 4.78 is 53.1. The largest absolute Gasteiger partial charge is 0.494 e. The lowest BCUT2D eigenvalue weighted by Crippen LogP contribution is -2.81. The van der Waals surface area contributed by atoms with Crippen molar-refractivity contribution in [3.63, 3.8) is 0 Å². The first-order chi connectivity index (χ1) is 40.6. The molecule has 3 N–H and O–H groups in total. The fraction of sp³-hybridized carbons (Fsp3) is 0.460. The Hall–Kier alpha value is -6.92. The highest BCUT2D eigenvalue weighted by Crippen LogP contribution is 2.65. The molecule has 2 bridgehead atoms. The van der Waals surface area contributed by atoms with E-state index >= 15 is 4.79 Å². The Bertz CT molecular complexity index is 3080. The number of ether oxygens (including phenoxy) is 9. The average molecular weight is 1210 g/mol. The Morgan fingerprint density at radius 2 is 1.47 bits per heavy atom. The molecule has 3 aromatic carbocycles. The van der Waals surface area contributed by atoms with Crippen LogP contribution in [0.15, 0.2) is 144 Å². The van der Waals surface area contributed by atoms with E-state index in [1.54, 1.807) is 141 Å². The summed E-state index contributed by atoms with van der Waals surface area (Å²) in [4.78, 5) is 102. The van der Waals surface area contributed by atoms with E-state index in [1.807, 2.05) is 18.2 Å². The lowest BCUT2D eigenvalue weighted by Gasteiger charge is -2.68. The highest BCUT2D eigenvalue weighted by Gasteiger charge is 2.78. The minimum absolute atomic E-state index is 0.0358. The fourth-order valence-corrected chi connectivity index (χ4v) is 14.1. The predicted molar refractivity (Wildman–Crippen MR) is 310 cm³/mol. The molecule has 1 aromatic heterocycles. The molecule has 2 unspecified atom stereocenters. The number of hydrogen-bond acceptors (Lipinski definition) is 21. The van der Waals surface area contributed by atoms with Crippen LogP contribution in [0.25, 0.3) is 0 Å². The average Bonchev–Trinajstić information content (AvgIpc) is 0.679. The number of nitrogens with zero attached hydrogens (tertiary/aromatic N) is 1. The van der Waals surface area contributed by atoms with Gasteiger partial charge in [-0.3, -0.25) is 19.2 Å². The van der Waals surface area contributed by atoms with Gasteiger partial charge in [0, 0.05) is 55.0 Å². The van der Waals surface area contributed by atoms with Crippen LogP contribution < -0.4 is 5.32 Å². The molecule has 1 amide bonds. The van der Waals surface area contributed by atoms with Crippen LogP contribution >= 0.6 is 21.6 Å². The third-order valence-electron chi connectivity index (χ3n) is 16.5. The third kappa shape index (κ3) is 14.2. The van der Waals surface area contributed by atoms with Crippen molar-refractivity contribution < 1.29 is 86.4 Å². The van der Waals surface area contributed by atoms with E-state index in [-0.39, 0.29) is 56.0 Å². The van der Waals surface area contributed by atoms with E-state index in [2.05, 4.69) is 16.9 Å². The number of esters is 5. The van der Waals surface area contributed by atoms with E-state index in [9.17, 15) is 39.0 Å². The van der Waals surface area contributed by atoms with E-state index in [0.717, 1.165) is 10.8 Å². The molecule has 4 aliphatic rings. The van der Waals surface area contributed by atoms with Crippen molar-refractivity contribution in [2.75, 3.05) is 45.6 Å². The number of aliphatic hydroxyl groups is 2. The molecule has 454 valence electrons. The van der Waals surface area contributed by atoms with Gasteiger partial charge in [-0.1, -0.05) is 111 Å². The number of carbonyl (C=O) groups excluding carboxylic acids is 7. The first-order valence-electron chi connectivity index (χ1n) is 28.0. The van der Waals surface area contributed by atoms with Crippen molar-refractivity contribution >= 4 is 63.1 Å². The summed E-state index contributed by atoms with van der Waals surface area (Å²) in [7, 11) is 3.14. The molecule has 1 saturated heterocycles. The quantitative estimate of drug-likeness (QED) is 0.0103. The molecule has 4 aromatic rings. The fourth-order valence-electron chi connectivity index (χ4n) is 12.3. The topological polar surface area (TPSA) is 268 Å². The molecule has 0 radical (unpaired) electrons. The number of nitrogens with one attached hydrogen (secondary N) is 1. The van der Waals surface area contributed by atoms with Crippen molar-refractivity contribution in [3.8, 4) is 0 Å². The summed E-state index contributed by atoms with van der Waals surface area (Å²) in [5.41, 5.74) is -5.92. The van der Waals surface area contributed by atoms with Crippen LogP contribution in [-0.2, 0) is 66.6 Å².